The lowest BCUT2D eigenvalue weighted by Gasteiger charge is -2.44. The van der Waals surface area contributed by atoms with Crippen molar-refractivity contribution in [2.45, 2.75) is 25.3 Å². The fraction of sp³-hybridized carbons (Fsp3) is 0.172. The average molecular weight is 636 g/mol. The van der Waals surface area contributed by atoms with Crippen LogP contribution in [0.5, 0.6) is 0 Å². The quantitative estimate of drug-likeness (QED) is 0.275. The van der Waals surface area contributed by atoms with Crippen molar-refractivity contribution in [1.29, 1.82) is 0 Å². The first-order valence-corrected chi connectivity index (χ1v) is 13.7. The molecule has 0 saturated carbocycles. The van der Waals surface area contributed by atoms with Gasteiger partial charge in [-0.1, -0.05) is 53.5 Å². The summed E-state index contributed by atoms with van der Waals surface area (Å²) in [4.78, 5) is 40.4. The number of nitrogens with one attached hydrogen (secondary N) is 1. The van der Waals surface area contributed by atoms with Gasteiger partial charge in [0, 0.05) is 38.8 Å². The molecule has 1 aliphatic heterocycles. The summed E-state index contributed by atoms with van der Waals surface area (Å²) in [7, 11) is 0. The van der Waals surface area contributed by atoms with Gasteiger partial charge >= 0.3 is 5.97 Å². The Morgan fingerprint density at radius 1 is 1.12 bits per heavy atom. The van der Waals surface area contributed by atoms with Gasteiger partial charge < -0.3 is 15.3 Å². The molecule has 1 aromatic heterocycles. The van der Waals surface area contributed by atoms with Gasteiger partial charge in [0.05, 0.1) is 11.3 Å². The highest BCUT2D eigenvalue weighted by atomic mass is 79.9. The molecule has 0 saturated heterocycles. The molecule has 0 radical (unpaired) electrons. The Hall–Kier alpha value is -4.35. The van der Waals surface area contributed by atoms with E-state index in [1.165, 1.54) is 46.3 Å². The van der Waals surface area contributed by atoms with Crippen LogP contribution in [0.3, 0.4) is 0 Å². The molecule has 1 unspecified atom stereocenters. The highest BCUT2D eigenvalue weighted by molar-refractivity contribution is 9.10. The molecule has 0 aliphatic carbocycles. The SMILES string of the molecule is CC1(C)CN(C(=O)/C=C/c2cc(Cl)ccc2-n2cnnn2)C(C(=O)Nc2ccc(C(=O)O)cc2)c2cccc(Br)c21. The van der Waals surface area contributed by atoms with Gasteiger partial charge in [-0.15, -0.1) is 5.10 Å². The number of carbonyl (C=O) groups is 3. The number of hydrogen-bond acceptors (Lipinski definition) is 6. The molecule has 2 heterocycles. The molecule has 3 aromatic carbocycles. The van der Waals surface area contributed by atoms with Crippen LogP contribution in [0.4, 0.5) is 5.69 Å². The van der Waals surface area contributed by atoms with E-state index in [9.17, 15) is 19.5 Å². The van der Waals surface area contributed by atoms with Crippen molar-refractivity contribution in [2.24, 2.45) is 0 Å². The van der Waals surface area contributed by atoms with Crippen molar-refractivity contribution in [3.8, 4) is 5.69 Å². The second kappa shape index (κ2) is 11.3. The van der Waals surface area contributed by atoms with Gasteiger partial charge in [0.1, 0.15) is 12.4 Å². The summed E-state index contributed by atoms with van der Waals surface area (Å²) in [6.45, 7) is 4.30. The lowest BCUT2D eigenvalue weighted by molar-refractivity contribution is -0.136. The first-order valence-electron chi connectivity index (χ1n) is 12.5. The molecule has 10 nitrogen and oxygen atoms in total. The Kier molecular flexibility index (Phi) is 7.74. The number of anilines is 1. The predicted molar refractivity (Wildman–Crippen MR) is 157 cm³/mol. The van der Waals surface area contributed by atoms with Gasteiger partial charge in [-0.3, -0.25) is 9.59 Å². The molecule has 5 rings (SSSR count). The van der Waals surface area contributed by atoms with Crippen molar-refractivity contribution in [3.63, 3.8) is 0 Å². The van der Waals surface area contributed by atoms with Crippen molar-refractivity contribution < 1.29 is 19.5 Å². The smallest absolute Gasteiger partial charge is 0.335 e. The molecule has 1 aliphatic rings. The van der Waals surface area contributed by atoms with E-state index >= 15 is 0 Å². The number of benzene rings is 3. The van der Waals surface area contributed by atoms with E-state index in [2.05, 4.69) is 36.8 Å². The number of carbonyl (C=O) groups excluding carboxylic acids is 2. The summed E-state index contributed by atoms with van der Waals surface area (Å²) in [5, 5.41) is 23.8. The maximum atomic E-state index is 13.8. The van der Waals surface area contributed by atoms with Gasteiger partial charge in [-0.25, -0.2) is 4.79 Å². The number of fused-ring (bicyclic) bond motifs is 1. The molecule has 2 amide bonds. The second-order valence-electron chi connectivity index (χ2n) is 10.1. The Morgan fingerprint density at radius 2 is 1.88 bits per heavy atom. The summed E-state index contributed by atoms with van der Waals surface area (Å²) in [5.41, 5.74) is 2.88. The average Bonchev–Trinajstić information content (AvgIpc) is 3.46. The minimum atomic E-state index is -1.07. The molecule has 12 heteroatoms. The minimum Gasteiger partial charge on any atom is -0.478 e. The predicted octanol–water partition coefficient (Wildman–Crippen LogP) is 5.29. The zero-order valence-electron chi connectivity index (χ0n) is 22.0. The molecular weight excluding hydrogens is 612 g/mol. The summed E-state index contributed by atoms with van der Waals surface area (Å²) < 4.78 is 2.31. The Morgan fingerprint density at radius 3 is 2.56 bits per heavy atom. The molecule has 0 bridgehead atoms. The first-order chi connectivity index (χ1) is 19.5. The van der Waals surface area contributed by atoms with Gasteiger partial charge in [-0.05, 0) is 76.2 Å². The summed E-state index contributed by atoms with van der Waals surface area (Å²) in [6.07, 6.45) is 4.46. The number of carboxylic acids is 1. The highest BCUT2D eigenvalue weighted by Crippen LogP contribution is 2.43. The van der Waals surface area contributed by atoms with Crippen LogP contribution in [0.15, 0.2) is 77.5 Å². The van der Waals surface area contributed by atoms with E-state index < -0.39 is 23.3 Å². The van der Waals surface area contributed by atoms with Crippen molar-refractivity contribution in [1.82, 2.24) is 25.1 Å². The number of amides is 2. The number of hydrogen-bond donors (Lipinski definition) is 2. The van der Waals surface area contributed by atoms with Crippen LogP contribution in [-0.4, -0.2) is 54.5 Å². The van der Waals surface area contributed by atoms with Gasteiger partial charge in [-0.2, -0.15) is 4.68 Å². The fourth-order valence-electron chi connectivity index (χ4n) is 5.04. The van der Waals surface area contributed by atoms with Crippen molar-refractivity contribution in [3.05, 3.63) is 105 Å². The zero-order chi connectivity index (χ0) is 29.3. The van der Waals surface area contributed by atoms with Gasteiger partial charge in [0.15, 0.2) is 0 Å². The van der Waals surface area contributed by atoms with E-state index in [1.807, 2.05) is 32.0 Å². The maximum absolute atomic E-state index is 13.8. The molecule has 208 valence electrons. The van der Waals surface area contributed by atoms with Crippen LogP contribution in [0.2, 0.25) is 5.02 Å². The van der Waals surface area contributed by atoms with Crippen LogP contribution in [0.1, 0.15) is 46.9 Å². The van der Waals surface area contributed by atoms with E-state index in [0.717, 1.165) is 10.0 Å². The first kappa shape index (κ1) is 28.2. The molecular formula is C29H24BrClN6O4. The monoisotopic (exact) mass is 634 g/mol. The number of carboxylic acid groups (broad SMARTS) is 1. The number of aromatic carboxylic acids is 1. The third kappa shape index (κ3) is 5.77. The lowest BCUT2D eigenvalue weighted by atomic mass is 9.75. The highest BCUT2D eigenvalue weighted by Gasteiger charge is 2.43. The number of aromatic nitrogens is 4. The number of tetrazole rings is 1. The third-order valence-corrected chi connectivity index (χ3v) is 7.71. The summed E-state index contributed by atoms with van der Waals surface area (Å²) >= 11 is 9.88. The Balaban J connectivity index is 1.52. The fourth-order valence-corrected chi connectivity index (χ4v) is 6.14. The van der Waals surface area contributed by atoms with E-state index in [0.29, 0.717) is 27.5 Å². The largest absolute Gasteiger partial charge is 0.478 e. The third-order valence-electron chi connectivity index (χ3n) is 6.82. The Labute approximate surface area is 248 Å². The lowest BCUT2D eigenvalue weighted by Crippen LogP contribution is -2.51. The number of nitrogens with zero attached hydrogens (tertiary/aromatic N) is 5. The standard InChI is InChI=1S/C29H24BrClN6O4/c1-29(2)15-36(24(38)13-8-18-14-19(31)9-12-23(18)37-16-32-34-35-37)26(21-4-3-5-22(30)25(21)29)27(39)33-20-10-6-17(7-11-20)28(40)41/h3-14,16,26H,15H2,1-2H3,(H,33,39)(H,40,41)/b13-8+. The number of halogens is 2. The molecule has 1 atom stereocenters. The summed E-state index contributed by atoms with van der Waals surface area (Å²) in [5.74, 6) is -1.88. The molecule has 2 N–H and O–H groups in total. The molecule has 0 fully saturated rings. The zero-order valence-corrected chi connectivity index (χ0v) is 24.3. The maximum Gasteiger partial charge on any atom is 0.335 e. The topological polar surface area (TPSA) is 130 Å². The van der Waals surface area contributed by atoms with E-state index in [4.69, 9.17) is 11.6 Å². The van der Waals surface area contributed by atoms with Crippen LogP contribution in [-0.2, 0) is 15.0 Å². The Bertz CT molecular complexity index is 1670. The molecule has 4 aromatic rings. The van der Waals surface area contributed by atoms with Crippen molar-refractivity contribution >= 4 is 57.1 Å². The van der Waals surface area contributed by atoms with E-state index in [-0.39, 0.29) is 18.0 Å². The van der Waals surface area contributed by atoms with Crippen LogP contribution >= 0.6 is 27.5 Å². The minimum absolute atomic E-state index is 0.0979. The van der Waals surface area contributed by atoms with Crippen molar-refractivity contribution in [2.75, 3.05) is 11.9 Å². The van der Waals surface area contributed by atoms with Crippen LogP contribution in [0, 0.1) is 0 Å². The van der Waals surface area contributed by atoms with Crippen LogP contribution in [0.25, 0.3) is 11.8 Å². The van der Waals surface area contributed by atoms with Crippen LogP contribution < -0.4 is 5.32 Å². The molecule has 41 heavy (non-hydrogen) atoms. The van der Waals surface area contributed by atoms with E-state index in [1.54, 1.807) is 24.3 Å². The molecule has 0 spiro atoms. The van der Waals surface area contributed by atoms with Gasteiger partial charge in [0.25, 0.3) is 5.91 Å². The van der Waals surface area contributed by atoms with Gasteiger partial charge in [0.2, 0.25) is 5.91 Å². The number of rotatable bonds is 6. The normalized spacial score (nSPS) is 15.9. The second-order valence-corrected chi connectivity index (χ2v) is 11.4. The summed E-state index contributed by atoms with van der Waals surface area (Å²) in [6, 6.07) is 15.6.